The zero-order valence-corrected chi connectivity index (χ0v) is 35.5. The van der Waals surface area contributed by atoms with Gasteiger partial charge in [-0.05, 0) is 96.3 Å². The van der Waals surface area contributed by atoms with Crippen LogP contribution in [0.2, 0.25) is 0 Å². The van der Waals surface area contributed by atoms with Crippen LogP contribution in [0, 0.1) is 5.92 Å². The van der Waals surface area contributed by atoms with E-state index in [0.29, 0.717) is 32.6 Å². The number of nitrogens with one attached hydrogen (secondary N) is 4. The number of hydrogen-bond donors (Lipinski definition) is 5. The van der Waals surface area contributed by atoms with Crippen LogP contribution in [0.3, 0.4) is 0 Å². The molecule has 0 bridgehead atoms. The van der Waals surface area contributed by atoms with Crippen LogP contribution in [0.5, 0.6) is 0 Å². The summed E-state index contributed by atoms with van der Waals surface area (Å²) in [5, 5.41) is 18.3. The molecule has 5 heterocycles. The quantitative estimate of drug-likeness (QED) is 0.0895. The first-order chi connectivity index (χ1) is 30.1. The molecule has 3 fully saturated rings. The third-order valence-corrected chi connectivity index (χ3v) is 12.9. The van der Waals surface area contributed by atoms with Gasteiger partial charge in [0.15, 0.2) is 0 Å². The first-order valence-electron chi connectivity index (χ1n) is 21.9. The number of carbonyl (C=O) groups excluding carboxylic acids is 3. The van der Waals surface area contributed by atoms with Gasteiger partial charge in [0.05, 0.1) is 54.3 Å². The highest BCUT2D eigenvalue weighted by molar-refractivity contribution is 5.92. The Morgan fingerprint density at radius 2 is 1.55 bits per heavy atom. The molecule has 14 heteroatoms. The summed E-state index contributed by atoms with van der Waals surface area (Å²) >= 11 is 0. The van der Waals surface area contributed by atoms with Gasteiger partial charge in [0.1, 0.15) is 17.7 Å². The van der Waals surface area contributed by atoms with Gasteiger partial charge >= 0.3 is 12.1 Å². The van der Waals surface area contributed by atoms with Gasteiger partial charge in [0.2, 0.25) is 5.91 Å². The van der Waals surface area contributed by atoms with Crippen LogP contribution in [0.4, 0.5) is 9.59 Å². The highest BCUT2D eigenvalue weighted by Crippen LogP contribution is 2.36. The predicted molar refractivity (Wildman–Crippen MR) is 238 cm³/mol. The van der Waals surface area contributed by atoms with Crippen molar-refractivity contribution in [1.29, 1.82) is 0 Å². The van der Waals surface area contributed by atoms with Crippen LogP contribution in [0.15, 0.2) is 91.1 Å². The number of methoxy groups -OCH3 is 1. The minimum absolute atomic E-state index is 0.0962. The van der Waals surface area contributed by atoms with E-state index >= 15 is 0 Å². The Hall–Kier alpha value is -6.25. The van der Waals surface area contributed by atoms with E-state index in [-0.39, 0.29) is 36.0 Å². The maximum Gasteiger partial charge on any atom is 0.407 e. The van der Waals surface area contributed by atoms with Gasteiger partial charge in [-0.1, -0.05) is 74.5 Å². The fourth-order valence-electron chi connectivity index (χ4n) is 9.48. The molecule has 4 aromatic carbocycles. The number of rotatable bonds is 11. The number of H-pyrrole nitrogens is 2. The number of likely N-dealkylation sites (tertiary alicyclic amines) is 3. The Morgan fingerprint density at radius 3 is 2.31 bits per heavy atom. The lowest BCUT2D eigenvalue weighted by atomic mass is 9.99. The summed E-state index contributed by atoms with van der Waals surface area (Å²) in [6, 6.07) is 28.2. The molecular formula is C48H55N9O5. The van der Waals surface area contributed by atoms with E-state index in [1.807, 2.05) is 49.2 Å². The topological polar surface area (TPSA) is 172 Å². The number of hydrogen-bond acceptors (Lipinski definition) is 8. The number of amides is 4. The molecule has 3 saturated heterocycles. The van der Waals surface area contributed by atoms with Crippen molar-refractivity contribution < 1.29 is 24.2 Å². The molecule has 0 unspecified atom stereocenters. The van der Waals surface area contributed by atoms with Crippen LogP contribution >= 0.6 is 0 Å². The molecule has 5 atom stereocenters. The number of carbonyl (C=O) groups is 3. The summed E-state index contributed by atoms with van der Waals surface area (Å²) in [5.74, 6) is 1.44. The molecule has 0 aliphatic carbocycles. The van der Waals surface area contributed by atoms with E-state index in [9.17, 15) is 19.5 Å². The number of aliphatic hydroxyl groups is 1. The lowest BCUT2D eigenvalue weighted by Gasteiger charge is -2.30. The molecule has 0 spiro atoms. The monoisotopic (exact) mass is 837 g/mol. The minimum atomic E-state index is -0.688. The summed E-state index contributed by atoms with van der Waals surface area (Å²) < 4.78 is 4.79. The predicted octanol–water partition coefficient (Wildman–Crippen LogP) is 7.47. The summed E-state index contributed by atoms with van der Waals surface area (Å²) in [6.45, 7) is 6.90. The van der Waals surface area contributed by atoms with Crippen LogP contribution in [-0.2, 0) is 9.53 Å². The van der Waals surface area contributed by atoms with Crippen LogP contribution in [-0.4, -0.2) is 110 Å². The molecule has 3 aliphatic heterocycles. The first-order valence-corrected chi connectivity index (χ1v) is 21.9. The summed E-state index contributed by atoms with van der Waals surface area (Å²) in [7, 11) is 1.30. The highest BCUT2D eigenvalue weighted by Gasteiger charge is 2.38. The van der Waals surface area contributed by atoms with Crippen LogP contribution in [0.1, 0.15) is 81.3 Å². The fraction of sp³-hybridized carbons (Fsp3) is 0.396. The molecule has 0 saturated carbocycles. The number of aromatic nitrogens is 4. The average Bonchev–Trinajstić information content (AvgIpc) is 4.15. The molecule has 0 radical (unpaired) electrons. The number of β-amino-alcohol motifs (C(OH)–C–C–N with tert-alkyl or cyclic N) is 1. The first kappa shape index (κ1) is 41.1. The second kappa shape index (κ2) is 17.6. The van der Waals surface area contributed by atoms with Crippen molar-refractivity contribution in [2.75, 3.05) is 39.8 Å². The van der Waals surface area contributed by atoms with Crippen molar-refractivity contribution in [3.8, 4) is 22.4 Å². The van der Waals surface area contributed by atoms with E-state index in [1.54, 1.807) is 4.90 Å². The normalized spacial score (nSPS) is 20.3. The van der Waals surface area contributed by atoms with Crippen molar-refractivity contribution in [3.63, 3.8) is 0 Å². The smallest absolute Gasteiger partial charge is 0.407 e. The standard InChI is InChI=1S/C48H55N9O5/c1-29(2)43(54-48(61)62-3)46(59)57-21-8-12-42(57)45-50-37-18-17-34(25-38(37)51-45)32-13-14-33-24-35(16-15-31(33)23-32)39-26-49-44(52-39)41-11-7-20-55(41)28-40(30-9-5-4-6-10-30)53-47(60)56-22-19-36(58)27-56/h4-6,9-10,13-18,23-26,29,36,40-43,58H,7-8,11-12,19-22,27-28H2,1-3H3,(H,49,52)(H,50,51)(H,53,60)(H,54,61)/t36-,40-,41-,42-,43-/m0/s1. The lowest BCUT2D eigenvalue weighted by molar-refractivity contribution is -0.135. The van der Waals surface area contributed by atoms with Gasteiger partial charge in [0, 0.05) is 31.7 Å². The van der Waals surface area contributed by atoms with Crippen molar-refractivity contribution >= 4 is 39.8 Å². The maximum absolute atomic E-state index is 13.7. The number of nitrogens with zero attached hydrogens (tertiary/aromatic N) is 5. The average molecular weight is 838 g/mol. The number of benzene rings is 4. The van der Waals surface area contributed by atoms with E-state index in [4.69, 9.17) is 14.7 Å². The Balaban J connectivity index is 0.890. The van der Waals surface area contributed by atoms with E-state index < -0.39 is 18.2 Å². The molecule has 2 aromatic heterocycles. The highest BCUT2D eigenvalue weighted by atomic mass is 16.5. The molecule has 322 valence electrons. The number of urea groups is 1. The molecule has 62 heavy (non-hydrogen) atoms. The molecular weight excluding hydrogens is 783 g/mol. The third-order valence-electron chi connectivity index (χ3n) is 12.9. The molecule has 5 N–H and O–H groups in total. The number of alkyl carbamates (subject to hydrolysis) is 1. The molecule has 3 aliphatic rings. The van der Waals surface area contributed by atoms with E-state index in [2.05, 4.69) is 86.2 Å². The van der Waals surface area contributed by atoms with Gasteiger partial charge < -0.3 is 40.2 Å². The summed E-state index contributed by atoms with van der Waals surface area (Å²) in [6.07, 6.45) is 5.10. The Morgan fingerprint density at radius 1 is 0.823 bits per heavy atom. The molecule has 14 nitrogen and oxygen atoms in total. The molecule has 6 aromatic rings. The number of imidazole rings is 2. The zero-order valence-electron chi connectivity index (χ0n) is 35.5. The molecule has 4 amide bonds. The lowest BCUT2D eigenvalue weighted by Crippen LogP contribution is -2.51. The van der Waals surface area contributed by atoms with E-state index in [0.717, 1.165) is 93.6 Å². The number of ether oxygens (including phenoxy) is 1. The number of aliphatic hydroxyl groups excluding tert-OH is 1. The van der Waals surface area contributed by atoms with Crippen molar-refractivity contribution in [2.24, 2.45) is 5.92 Å². The molecule has 9 rings (SSSR count). The second-order valence-corrected chi connectivity index (χ2v) is 17.3. The summed E-state index contributed by atoms with van der Waals surface area (Å²) in [5.41, 5.74) is 6.95. The van der Waals surface area contributed by atoms with E-state index in [1.165, 1.54) is 7.11 Å². The van der Waals surface area contributed by atoms with Gasteiger partial charge in [-0.15, -0.1) is 0 Å². The van der Waals surface area contributed by atoms with Crippen molar-refractivity contribution in [3.05, 3.63) is 108 Å². The van der Waals surface area contributed by atoms with Crippen LogP contribution in [0.25, 0.3) is 44.2 Å². The Kier molecular flexibility index (Phi) is 11.7. The summed E-state index contributed by atoms with van der Waals surface area (Å²) in [4.78, 5) is 61.9. The SMILES string of the molecule is COC(=O)N[C@H](C(=O)N1CCC[C@H]1c1nc2ccc(-c3ccc4cc(-c5cnc([C@@H]6CCCN6C[C@H](NC(=O)N6CC[C@H](O)C6)c6ccccc6)[nH]5)ccc4c3)cc2[nH]1)C(C)C. The third kappa shape index (κ3) is 8.49. The van der Waals surface area contributed by atoms with Crippen molar-refractivity contribution in [1.82, 2.24) is 45.3 Å². The number of aromatic amines is 2. The zero-order chi connectivity index (χ0) is 42.9. The van der Waals surface area contributed by atoms with Crippen molar-refractivity contribution in [2.45, 2.75) is 76.2 Å². The minimum Gasteiger partial charge on any atom is -0.453 e. The number of fused-ring (bicyclic) bond motifs is 2. The second-order valence-electron chi connectivity index (χ2n) is 17.3. The fourth-order valence-corrected chi connectivity index (χ4v) is 9.48. The van der Waals surface area contributed by atoms with Gasteiger partial charge in [-0.2, -0.15) is 0 Å². The Labute approximate surface area is 361 Å². The largest absolute Gasteiger partial charge is 0.453 e. The van der Waals surface area contributed by atoms with Gasteiger partial charge in [0.25, 0.3) is 0 Å². The van der Waals surface area contributed by atoms with Crippen LogP contribution < -0.4 is 10.6 Å². The van der Waals surface area contributed by atoms with Gasteiger partial charge in [-0.3, -0.25) is 9.69 Å². The Bertz CT molecular complexity index is 2570. The van der Waals surface area contributed by atoms with Gasteiger partial charge in [-0.25, -0.2) is 19.6 Å². The maximum atomic E-state index is 13.7.